The summed E-state index contributed by atoms with van der Waals surface area (Å²) >= 11 is 0. The number of aryl methyl sites for hydroxylation is 1. The first-order valence-electron chi connectivity index (χ1n) is 8.30. The van der Waals surface area contributed by atoms with E-state index in [1.807, 2.05) is 37.3 Å². The van der Waals surface area contributed by atoms with Crippen LogP contribution in [0.2, 0.25) is 0 Å². The van der Waals surface area contributed by atoms with Crippen LogP contribution < -0.4 is 10.1 Å². The second-order valence-corrected chi connectivity index (χ2v) is 6.17. The van der Waals surface area contributed by atoms with Gasteiger partial charge in [-0.15, -0.1) is 0 Å². The number of nitrogens with zero attached hydrogens (tertiary/aromatic N) is 2. The first kappa shape index (κ1) is 16.5. The summed E-state index contributed by atoms with van der Waals surface area (Å²) in [4.78, 5) is 16.3. The Morgan fingerprint density at radius 2 is 2.17 bits per heavy atom. The number of aliphatic hydroxyl groups is 1. The monoisotopic (exact) mass is 329 g/mol. The molecule has 3 rings (SSSR count). The lowest BCUT2D eigenvalue weighted by Crippen LogP contribution is -2.53. The summed E-state index contributed by atoms with van der Waals surface area (Å²) in [6.07, 6.45) is 4.86. The minimum atomic E-state index is -0.716. The first-order valence-corrected chi connectivity index (χ1v) is 8.30. The Morgan fingerprint density at radius 3 is 2.88 bits per heavy atom. The molecule has 1 fully saturated rings. The van der Waals surface area contributed by atoms with Gasteiger partial charge in [0.15, 0.2) is 0 Å². The number of ether oxygens (including phenoxy) is 1. The number of aliphatic hydroxyl groups excluding tert-OH is 1. The zero-order valence-electron chi connectivity index (χ0n) is 13.8. The smallest absolute Gasteiger partial charge is 0.240 e. The molecule has 1 aromatic heterocycles. The highest BCUT2D eigenvalue weighted by atomic mass is 16.5. The average Bonchev–Trinajstić information content (AvgIpc) is 2.97. The van der Waals surface area contributed by atoms with Crippen LogP contribution in [0.25, 0.3) is 0 Å². The molecule has 0 saturated heterocycles. The standard InChI is InChI=1S/C18H23N3O3/c1-13-19-10-11-21(13)12-17(22)20-15-8-5-9-16(18(15)23)24-14-6-3-2-4-7-14/h2-4,6-7,10-11,15-16,18,23H,5,8-9,12H2,1H3,(H,20,22)/t15-,16-,18-/m1/s1. The van der Waals surface area contributed by atoms with Crippen molar-refractivity contribution in [3.8, 4) is 5.75 Å². The van der Waals surface area contributed by atoms with E-state index in [9.17, 15) is 9.90 Å². The number of hydrogen-bond donors (Lipinski definition) is 2. The van der Waals surface area contributed by atoms with Gasteiger partial charge in [-0.3, -0.25) is 4.79 Å². The second kappa shape index (κ2) is 7.49. The predicted molar refractivity (Wildman–Crippen MR) is 89.6 cm³/mol. The van der Waals surface area contributed by atoms with Gasteiger partial charge in [-0.25, -0.2) is 4.98 Å². The molecule has 1 aliphatic carbocycles. The van der Waals surface area contributed by atoms with E-state index >= 15 is 0 Å². The summed E-state index contributed by atoms with van der Waals surface area (Å²) < 4.78 is 7.67. The summed E-state index contributed by atoms with van der Waals surface area (Å²) in [6, 6.07) is 9.18. The summed E-state index contributed by atoms with van der Waals surface area (Å²) in [6.45, 7) is 2.06. The zero-order valence-corrected chi connectivity index (χ0v) is 13.8. The van der Waals surface area contributed by atoms with Crippen molar-refractivity contribution >= 4 is 5.91 Å². The van der Waals surface area contributed by atoms with Gasteiger partial charge in [0.1, 0.15) is 30.3 Å². The van der Waals surface area contributed by atoms with E-state index in [2.05, 4.69) is 10.3 Å². The molecule has 6 nitrogen and oxygen atoms in total. The lowest BCUT2D eigenvalue weighted by Gasteiger charge is -2.35. The summed E-state index contributed by atoms with van der Waals surface area (Å²) in [5.41, 5.74) is 0. The molecule has 6 heteroatoms. The second-order valence-electron chi connectivity index (χ2n) is 6.17. The van der Waals surface area contributed by atoms with Gasteiger partial charge in [0.25, 0.3) is 0 Å². The van der Waals surface area contributed by atoms with Gasteiger partial charge in [-0.05, 0) is 38.3 Å². The quantitative estimate of drug-likeness (QED) is 0.875. The van der Waals surface area contributed by atoms with Gasteiger partial charge < -0.3 is 19.7 Å². The molecule has 1 heterocycles. The van der Waals surface area contributed by atoms with Crippen molar-refractivity contribution in [1.82, 2.24) is 14.9 Å². The third-order valence-electron chi connectivity index (χ3n) is 4.41. The van der Waals surface area contributed by atoms with Crippen molar-refractivity contribution in [3.05, 3.63) is 48.5 Å². The van der Waals surface area contributed by atoms with E-state index in [4.69, 9.17) is 4.74 Å². The van der Waals surface area contributed by atoms with Crippen LogP contribution in [-0.2, 0) is 11.3 Å². The molecule has 24 heavy (non-hydrogen) atoms. The molecule has 0 unspecified atom stereocenters. The molecule has 0 bridgehead atoms. The Kier molecular flexibility index (Phi) is 5.15. The molecule has 1 amide bonds. The number of carbonyl (C=O) groups excluding carboxylic acids is 1. The van der Waals surface area contributed by atoms with Gasteiger partial charge in [-0.1, -0.05) is 18.2 Å². The third kappa shape index (κ3) is 3.94. The number of amides is 1. The molecule has 0 spiro atoms. The largest absolute Gasteiger partial charge is 0.488 e. The number of aromatic nitrogens is 2. The van der Waals surface area contributed by atoms with Crippen LogP contribution in [0, 0.1) is 6.92 Å². The van der Waals surface area contributed by atoms with E-state index < -0.39 is 6.10 Å². The minimum absolute atomic E-state index is 0.125. The SMILES string of the molecule is Cc1nccn1CC(=O)N[C@@H]1CCC[C@@H](Oc2ccccc2)[C@@H]1O. The van der Waals surface area contributed by atoms with Crippen molar-refractivity contribution in [2.75, 3.05) is 0 Å². The van der Waals surface area contributed by atoms with Gasteiger partial charge in [0, 0.05) is 12.4 Å². The van der Waals surface area contributed by atoms with Crippen LogP contribution in [0.5, 0.6) is 5.75 Å². The van der Waals surface area contributed by atoms with Crippen molar-refractivity contribution in [2.24, 2.45) is 0 Å². The summed E-state index contributed by atoms with van der Waals surface area (Å²) in [5.74, 6) is 1.41. The maximum absolute atomic E-state index is 12.2. The Hall–Kier alpha value is -2.34. The maximum atomic E-state index is 12.2. The number of hydrogen-bond acceptors (Lipinski definition) is 4. The highest BCUT2D eigenvalue weighted by Crippen LogP contribution is 2.24. The summed E-state index contributed by atoms with van der Waals surface area (Å²) in [7, 11) is 0. The van der Waals surface area contributed by atoms with Crippen LogP contribution in [0.15, 0.2) is 42.7 Å². The number of imidazole rings is 1. The molecule has 1 aliphatic rings. The Labute approximate surface area is 141 Å². The first-order chi connectivity index (χ1) is 11.6. The average molecular weight is 329 g/mol. The summed E-state index contributed by atoms with van der Waals surface area (Å²) in [5, 5.41) is 13.5. The Morgan fingerprint density at radius 1 is 1.38 bits per heavy atom. The third-order valence-corrected chi connectivity index (χ3v) is 4.41. The molecule has 2 N–H and O–H groups in total. The van der Waals surface area contributed by atoms with Crippen LogP contribution in [-0.4, -0.2) is 38.8 Å². The van der Waals surface area contributed by atoms with Crippen molar-refractivity contribution < 1.29 is 14.6 Å². The maximum Gasteiger partial charge on any atom is 0.240 e. The fraction of sp³-hybridized carbons (Fsp3) is 0.444. The fourth-order valence-corrected chi connectivity index (χ4v) is 3.08. The molecular weight excluding hydrogens is 306 g/mol. The Balaban J connectivity index is 1.57. The number of benzene rings is 1. The van der Waals surface area contributed by atoms with E-state index in [1.54, 1.807) is 17.0 Å². The highest BCUT2D eigenvalue weighted by molar-refractivity contribution is 5.76. The molecule has 0 radical (unpaired) electrons. The van der Waals surface area contributed by atoms with Gasteiger partial charge >= 0.3 is 0 Å². The molecule has 3 atom stereocenters. The highest BCUT2D eigenvalue weighted by Gasteiger charge is 2.34. The van der Waals surface area contributed by atoms with E-state index in [0.29, 0.717) is 0 Å². The molecule has 128 valence electrons. The number of carbonyl (C=O) groups is 1. The van der Waals surface area contributed by atoms with Crippen molar-refractivity contribution in [2.45, 2.75) is 51.0 Å². The number of rotatable bonds is 5. The van der Waals surface area contributed by atoms with Crippen molar-refractivity contribution in [1.29, 1.82) is 0 Å². The van der Waals surface area contributed by atoms with Gasteiger partial charge in [-0.2, -0.15) is 0 Å². The molecule has 1 saturated carbocycles. The van der Waals surface area contributed by atoms with E-state index in [0.717, 1.165) is 30.8 Å². The minimum Gasteiger partial charge on any atom is -0.488 e. The molecule has 1 aromatic carbocycles. The molecule has 0 aliphatic heterocycles. The van der Waals surface area contributed by atoms with Crippen LogP contribution in [0.4, 0.5) is 0 Å². The predicted octanol–water partition coefficient (Wildman–Crippen LogP) is 1.67. The lowest BCUT2D eigenvalue weighted by molar-refractivity contribution is -0.124. The zero-order chi connectivity index (χ0) is 16.9. The van der Waals surface area contributed by atoms with E-state index in [1.165, 1.54) is 0 Å². The van der Waals surface area contributed by atoms with Gasteiger partial charge in [0.05, 0.1) is 6.04 Å². The molecule has 2 aromatic rings. The molecular formula is C18H23N3O3. The van der Waals surface area contributed by atoms with Crippen LogP contribution in [0.1, 0.15) is 25.1 Å². The van der Waals surface area contributed by atoms with Crippen LogP contribution in [0.3, 0.4) is 0 Å². The number of nitrogens with one attached hydrogen (secondary N) is 1. The van der Waals surface area contributed by atoms with Crippen LogP contribution >= 0.6 is 0 Å². The van der Waals surface area contributed by atoms with E-state index in [-0.39, 0.29) is 24.6 Å². The van der Waals surface area contributed by atoms with Crippen molar-refractivity contribution in [3.63, 3.8) is 0 Å². The number of para-hydroxylation sites is 1. The fourth-order valence-electron chi connectivity index (χ4n) is 3.08. The van der Waals surface area contributed by atoms with Gasteiger partial charge in [0.2, 0.25) is 5.91 Å². The lowest BCUT2D eigenvalue weighted by atomic mass is 9.89. The normalized spacial score (nSPS) is 23.7. The topological polar surface area (TPSA) is 76.4 Å². The Bertz CT molecular complexity index is 671.